The third-order valence-corrected chi connectivity index (χ3v) is 2.55. The number of rotatable bonds is 7. The molecule has 0 saturated heterocycles. The van der Waals surface area contributed by atoms with Gasteiger partial charge in [0, 0.05) is 24.4 Å². The van der Waals surface area contributed by atoms with Crippen molar-refractivity contribution in [2.75, 3.05) is 25.1 Å². The molecule has 3 N–H and O–H groups in total. The Kier molecular flexibility index (Phi) is 7.30. The van der Waals surface area contributed by atoms with Crippen molar-refractivity contribution in [3.63, 3.8) is 0 Å². The van der Waals surface area contributed by atoms with E-state index in [4.69, 9.17) is 11.2 Å². The van der Waals surface area contributed by atoms with Crippen LogP contribution in [0.15, 0.2) is 24.3 Å². The van der Waals surface area contributed by atoms with Crippen molar-refractivity contribution in [2.45, 2.75) is 20.0 Å². The SMILES string of the molecule is C#Cc1cccc(NC(=O)NCC(O)COCC(C)C)c1. The molecule has 0 heterocycles. The second kappa shape index (κ2) is 9.01. The van der Waals surface area contributed by atoms with Crippen LogP contribution in [0.5, 0.6) is 0 Å². The van der Waals surface area contributed by atoms with Gasteiger partial charge >= 0.3 is 6.03 Å². The normalized spacial score (nSPS) is 11.8. The van der Waals surface area contributed by atoms with Crippen molar-refractivity contribution in [3.05, 3.63) is 29.8 Å². The number of amides is 2. The maximum atomic E-state index is 11.7. The van der Waals surface area contributed by atoms with E-state index in [0.29, 0.717) is 23.8 Å². The number of carbonyl (C=O) groups excluding carboxylic acids is 1. The highest BCUT2D eigenvalue weighted by Crippen LogP contribution is 2.09. The van der Waals surface area contributed by atoms with E-state index in [1.165, 1.54) is 0 Å². The molecule has 5 heteroatoms. The molecule has 1 aromatic rings. The van der Waals surface area contributed by atoms with Gasteiger partial charge in [0.25, 0.3) is 0 Å². The van der Waals surface area contributed by atoms with Crippen LogP contribution in [0.2, 0.25) is 0 Å². The van der Waals surface area contributed by atoms with Gasteiger partial charge < -0.3 is 20.5 Å². The molecule has 0 spiro atoms. The summed E-state index contributed by atoms with van der Waals surface area (Å²) in [6.45, 7) is 4.97. The predicted molar refractivity (Wildman–Crippen MR) is 83.1 cm³/mol. The van der Waals surface area contributed by atoms with Crippen molar-refractivity contribution in [2.24, 2.45) is 5.92 Å². The Bertz CT molecular complexity index is 495. The molecule has 2 amide bonds. The average molecular weight is 290 g/mol. The van der Waals surface area contributed by atoms with Gasteiger partial charge in [-0.15, -0.1) is 6.42 Å². The van der Waals surface area contributed by atoms with Gasteiger partial charge in [0.2, 0.25) is 0 Å². The Labute approximate surface area is 125 Å². The fraction of sp³-hybridized carbons (Fsp3) is 0.438. The van der Waals surface area contributed by atoms with E-state index < -0.39 is 12.1 Å². The highest BCUT2D eigenvalue weighted by atomic mass is 16.5. The molecule has 0 aliphatic heterocycles. The first-order valence-electron chi connectivity index (χ1n) is 6.88. The number of anilines is 1. The first-order chi connectivity index (χ1) is 10.0. The lowest BCUT2D eigenvalue weighted by molar-refractivity contribution is 0.0274. The Morgan fingerprint density at radius 1 is 1.43 bits per heavy atom. The van der Waals surface area contributed by atoms with Crippen LogP contribution in [0.3, 0.4) is 0 Å². The summed E-state index contributed by atoms with van der Waals surface area (Å²) in [4.78, 5) is 11.7. The predicted octanol–water partition coefficient (Wildman–Crippen LogP) is 1.82. The summed E-state index contributed by atoms with van der Waals surface area (Å²) >= 11 is 0. The number of nitrogens with one attached hydrogen (secondary N) is 2. The van der Waals surface area contributed by atoms with Crippen LogP contribution < -0.4 is 10.6 Å². The molecule has 1 aromatic carbocycles. The standard InChI is InChI=1S/C16H22N2O3/c1-4-13-6-5-7-14(8-13)18-16(20)17-9-15(19)11-21-10-12(2)3/h1,5-8,12,15,19H,9-11H2,2-3H3,(H2,17,18,20). The van der Waals surface area contributed by atoms with E-state index in [1.807, 2.05) is 13.8 Å². The Morgan fingerprint density at radius 2 is 2.19 bits per heavy atom. The first kappa shape index (κ1) is 17.0. The van der Waals surface area contributed by atoms with Gasteiger partial charge in [0.15, 0.2) is 0 Å². The van der Waals surface area contributed by atoms with Crippen LogP contribution in [-0.2, 0) is 4.74 Å². The van der Waals surface area contributed by atoms with Crippen LogP contribution in [0.25, 0.3) is 0 Å². The molecule has 1 rings (SSSR count). The Balaban J connectivity index is 2.29. The molecular formula is C16H22N2O3. The van der Waals surface area contributed by atoms with Crippen LogP contribution in [0.4, 0.5) is 10.5 Å². The van der Waals surface area contributed by atoms with E-state index in [2.05, 4.69) is 16.6 Å². The van der Waals surface area contributed by atoms with Crippen molar-refractivity contribution >= 4 is 11.7 Å². The van der Waals surface area contributed by atoms with Gasteiger partial charge in [0.1, 0.15) is 0 Å². The lowest BCUT2D eigenvalue weighted by Crippen LogP contribution is -2.37. The third-order valence-electron chi connectivity index (χ3n) is 2.55. The fourth-order valence-corrected chi connectivity index (χ4v) is 1.57. The summed E-state index contributed by atoms with van der Waals surface area (Å²) in [5.41, 5.74) is 1.29. The number of hydrogen-bond acceptors (Lipinski definition) is 3. The molecule has 1 unspecified atom stereocenters. The lowest BCUT2D eigenvalue weighted by atomic mass is 10.2. The molecule has 0 saturated carbocycles. The highest BCUT2D eigenvalue weighted by molar-refractivity contribution is 5.89. The number of urea groups is 1. The van der Waals surface area contributed by atoms with E-state index in [9.17, 15) is 9.90 Å². The van der Waals surface area contributed by atoms with Crippen molar-refractivity contribution < 1.29 is 14.6 Å². The third kappa shape index (κ3) is 7.35. The molecule has 0 aromatic heterocycles. The van der Waals surface area contributed by atoms with Gasteiger partial charge in [-0.2, -0.15) is 0 Å². The molecule has 0 fully saturated rings. The fourth-order valence-electron chi connectivity index (χ4n) is 1.57. The Morgan fingerprint density at radius 3 is 2.86 bits per heavy atom. The van der Waals surface area contributed by atoms with Crippen molar-refractivity contribution in [3.8, 4) is 12.3 Å². The van der Waals surface area contributed by atoms with Crippen molar-refractivity contribution in [1.29, 1.82) is 0 Å². The average Bonchev–Trinajstić information content (AvgIpc) is 2.45. The molecule has 0 aliphatic carbocycles. The minimum Gasteiger partial charge on any atom is -0.389 e. The highest BCUT2D eigenvalue weighted by Gasteiger charge is 2.08. The summed E-state index contributed by atoms with van der Waals surface area (Å²) in [6, 6.07) is 6.58. The van der Waals surface area contributed by atoms with Gasteiger partial charge in [-0.3, -0.25) is 0 Å². The minimum atomic E-state index is -0.730. The molecule has 0 radical (unpaired) electrons. The zero-order chi connectivity index (χ0) is 15.7. The quantitative estimate of drug-likeness (QED) is 0.671. The van der Waals surface area contributed by atoms with Crippen molar-refractivity contribution in [1.82, 2.24) is 5.32 Å². The van der Waals surface area contributed by atoms with Crippen LogP contribution >= 0.6 is 0 Å². The van der Waals surface area contributed by atoms with E-state index in [1.54, 1.807) is 24.3 Å². The number of hydrogen-bond donors (Lipinski definition) is 3. The number of ether oxygens (including phenoxy) is 1. The van der Waals surface area contributed by atoms with E-state index in [0.717, 1.165) is 0 Å². The van der Waals surface area contributed by atoms with Crippen LogP contribution in [0, 0.1) is 18.3 Å². The van der Waals surface area contributed by atoms with Crippen LogP contribution in [-0.4, -0.2) is 37.0 Å². The number of carbonyl (C=O) groups is 1. The molecular weight excluding hydrogens is 268 g/mol. The van der Waals surface area contributed by atoms with E-state index in [-0.39, 0.29) is 13.2 Å². The number of terminal acetylenes is 1. The maximum absolute atomic E-state index is 11.7. The van der Waals surface area contributed by atoms with Gasteiger partial charge in [0.05, 0.1) is 12.7 Å². The second-order valence-electron chi connectivity index (χ2n) is 5.15. The zero-order valence-corrected chi connectivity index (χ0v) is 12.4. The Hall–Kier alpha value is -2.03. The monoisotopic (exact) mass is 290 g/mol. The lowest BCUT2D eigenvalue weighted by Gasteiger charge is -2.14. The zero-order valence-electron chi connectivity index (χ0n) is 12.4. The van der Waals surface area contributed by atoms with Crippen LogP contribution in [0.1, 0.15) is 19.4 Å². The molecule has 0 bridgehead atoms. The smallest absolute Gasteiger partial charge is 0.319 e. The molecule has 21 heavy (non-hydrogen) atoms. The second-order valence-corrected chi connectivity index (χ2v) is 5.15. The summed E-state index contributed by atoms with van der Waals surface area (Å²) in [5, 5.41) is 14.9. The molecule has 5 nitrogen and oxygen atoms in total. The summed E-state index contributed by atoms with van der Waals surface area (Å²) < 4.78 is 5.29. The van der Waals surface area contributed by atoms with Gasteiger partial charge in [-0.1, -0.05) is 25.8 Å². The minimum absolute atomic E-state index is 0.124. The number of benzene rings is 1. The topological polar surface area (TPSA) is 70.6 Å². The van der Waals surface area contributed by atoms with Gasteiger partial charge in [-0.25, -0.2) is 4.79 Å². The summed E-state index contributed by atoms with van der Waals surface area (Å²) in [7, 11) is 0. The summed E-state index contributed by atoms with van der Waals surface area (Å²) in [6.07, 6.45) is 4.56. The maximum Gasteiger partial charge on any atom is 0.319 e. The first-order valence-corrected chi connectivity index (χ1v) is 6.88. The van der Waals surface area contributed by atoms with Gasteiger partial charge in [-0.05, 0) is 24.1 Å². The number of aliphatic hydroxyl groups is 1. The molecule has 114 valence electrons. The molecule has 0 aliphatic rings. The number of aliphatic hydroxyl groups excluding tert-OH is 1. The largest absolute Gasteiger partial charge is 0.389 e. The van der Waals surface area contributed by atoms with E-state index >= 15 is 0 Å². The molecule has 1 atom stereocenters. The summed E-state index contributed by atoms with van der Waals surface area (Å²) in [5.74, 6) is 2.91.